The minimum absolute atomic E-state index is 0.620. The summed E-state index contributed by atoms with van der Waals surface area (Å²) in [6.07, 6.45) is 1.90. The maximum Gasteiger partial charge on any atom is 0.164 e. The lowest BCUT2D eigenvalue weighted by atomic mass is 10.0. The lowest BCUT2D eigenvalue weighted by Gasteiger charge is -2.13. The van der Waals surface area contributed by atoms with Crippen molar-refractivity contribution in [3.05, 3.63) is 182 Å². The molecule has 7 heteroatoms. The molecule has 266 valence electrons. The van der Waals surface area contributed by atoms with Crippen LogP contribution in [0.4, 0.5) is 0 Å². The molecule has 0 N–H and O–H groups in total. The minimum Gasteiger partial charge on any atom is -0.309 e. The number of hydrogen-bond donors (Lipinski definition) is 0. The van der Waals surface area contributed by atoms with Gasteiger partial charge in [0.1, 0.15) is 4.83 Å². The fraction of sp³-hybridized carbons (Fsp3) is 0. The van der Waals surface area contributed by atoms with Crippen molar-refractivity contribution in [2.75, 3.05) is 0 Å². The first kappa shape index (κ1) is 31.8. The maximum atomic E-state index is 5.09. The van der Waals surface area contributed by atoms with Crippen molar-refractivity contribution in [2.24, 2.45) is 0 Å². The summed E-state index contributed by atoms with van der Waals surface area (Å²) in [5.41, 5.74) is 9.62. The molecule has 0 aliphatic heterocycles. The molecular formula is C50H30N6S. The van der Waals surface area contributed by atoms with Gasteiger partial charge in [-0.3, -0.25) is 0 Å². The Balaban J connectivity index is 1.20. The third kappa shape index (κ3) is 4.83. The molecule has 0 saturated carbocycles. The number of rotatable bonds is 5. The van der Waals surface area contributed by atoms with Crippen LogP contribution >= 0.6 is 11.3 Å². The van der Waals surface area contributed by atoms with Gasteiger partial charge in [-0.1, -0.05) is 127 Å². The van der Waals surface area contributed by atoms with E-state index < -0.39 is 0 Å². The third-order valence-electron chi connectivity index (χ3n) is 11.0. The van der Waals surface area contributed by atoms with Gasteiger partial charge in [-0.05, 0) is 48.5 Å². The molecule has 5 aromatic heterocycles. The first-order valence-electron chi connectivity index (χ1n) is 19.0. The van der Waals surface area contributed by atoms with E-state index in [0.29, 0.717) is 17.5 Å². The van der Waals surface area contributed by atoms with Crippen molar-refractivity contribution in [2.45, 2.75) is 0 Å². The molecule has 0 aliphatic rings. The monoisotopic (exact) mass is 746 g/mol. The Labute approximate surface area is 330 Å². The molecule has 0 spiro atoms. The van der Waals surface area contributed by atoms with Crippen LogP contribution in [0.15, 0.2) is 182 Å². The van der Waals surface area contributed by atoms with Gasteiger partial charge in [0.25, 0.3) is 0 Å². The van der Waals surface area contributed by atoms with Crippen LogP contribution in [0.3, 0.4) is 0 Å². The summed E-state index contributed by atoms with van der Waals surface area (Å²) in [4.78, 5) is 21.1. The van der Waals surface area contributed by atoms with Gasteiger partial charge < -0.3 is 9.13 Å². The van der Waals surface area contributed by atoms with Gasteiger partial charge in [0, 0.05) is 66.6 Å². The number of para-hydroxylation sites is 3. The van der Waals surface area contributed by atoms with Crippen molar-refractivity contribution >= 4 is 75.3 Å². The third-order valence-corrected chi connectivity index (χ3v) is 12.1. The van der Waals surface area contributed by atoms with Gasteiger partial charge in [0.2, 0.25) is 0 Å². The summed E-state index contributed by atoms with van der Waals surface area (Å²) in [5.74, 6) is 1.90. The standard InChI is InChI=1S/C50H30N6S/c1-4-16-31(17-5-1)47-52-48(32-18-6-2-7-19-32)54-49(53-47)33-20-14-23-35(30-33)56-40-28-13-11-25-37(40)42-41-36-24-10-12-27-39(36)55(34-21-8-3-9-22-34)44(41)43-38-26-15-29-51-50(38)57-46(43)45(42)56/h1-30H. The topological polar surface area (TPSA) is 61.4 Å². The zero-order valence-electron chi connectivity index (χ0n) is 30.4. The van der Waals surface area contributed by atoms with Crippen molar-refractivity contribution in [1.29, 1.82) is 0 Å². The lowest BCUT2D eigenvalue weighted by Crippen LogP contribution is -2.01. The molecule has 0 unspecified atom stereocenters. The second-order valence-electron chi connectivity index (χ2n) is 14.2. The van der Waals surface area contributed by atoms with E-state index >= 15 is 0 Å². The number of pyridine rings is 1. The highest BCUT2D eigenvalue weighted by Gasteiger charge is 2.27. The normalized spacial score (nSPS) is 11.9. The Bertz CT molecular complexity index is 3460. The molecule has 7 aromatic carbocycles. The molecule has 0 radical (unpaired) electrons. The van der Waals surface area contributed by atoms with E-state index in [1.54, 1.807) is 11.3 Å². The van der Waals surface area contributed by atoms with Crippen LogP contribution in [-0.4, -0.2) is 29.1 Å². The Kier molecular flexibility index (Phi) is 7.00. The van der Waals surface area contributed by atoms with E-state index in [-0.39, 0.29) is 0 Å². The largest absolute Gasteiger partial charge is 0.309 e. The van der Waals surface area contributed by atoms with Gasteiger partial charge in [0.05, 0.1) is 26.8 Å². The average molecular weight is 747 g/mol. The quantitative estimate of drug-likeness (QED) is 0.176. The van der Waals surface area contributed by atoms with Crippen LogP contribution in [0.2, 0.25) is 0 Å². The Morgan fingerprint density at radius 1 is 0.386 bits per heavy atom. The van der Waals surface area contributed by atoms with Crippen molar-refractivity contribution in [3.8, 4) is 45.5 Å². The molecule has 12 rings (SSSR count). The first-order valence-corrected chi connectivity index (χ1v) is 19.8. The second kappa shape index (κ2) is 12.5. The molecule has 5 heterocycles. The van der Waals surface area contributed by atoms with Crippen LogP contribution < -0.4 is 0 Å². The fourth-order valence-electron chi connectivity index (χ4n) is 8.61. The number of thiophene rings is 1. The van der Waals surface area contributed by atoms with E-state index in [1.165, 1.54) is 48.2 Å². The van der Waals surface area contributed by atoms with Gasteiger partial charge in [0.15, 0.2) is 17.5 Å². The van der Waals surface area contributed by atoms with Crippen LogP contribution in [0.5, 0.6) is 0 Å². The smallest absolute Gasteiger partial charge is 0.164 e. The summed E-state index contributed by atoms with van der Waals surface area (Å²) < 4.78 is 6.09. The van der Waals surface area contributed by atoms with Crippen molar-refractivity contribution in [1.82, 2.24) is 29.1 Å². The molecule has 6 nitrogen and oxygen atoms in total. The van der Waals surface area contributed by atoms with E-state index in [1.807, 2.05) is 66.9 Å². The number of hydrogen-bond acceptors (Lipinski definition) is 5. The fourth-order valence-corrected chi connectivity index (χ4v) is 9.79. The van der Waals surface area contributed by atoms with E-state index in [2.05, 4.69) is 124 Å². The molecule has 0 fully saturated rings. The van der Waals surface area contributed by atoms with Crippen LogP contribution in [0.25, 0.3) is 109 Å². The van der Waals surface area contributed by atoms with Crippen molar-refractivity contribution in [3.63, 3.8) is 0 Å². The predicted molar refractivity (Wildman–Crippen MR) is 235 cm³/mol. The maximum absolute atomic E-state index is 5.09. The van der Waals surface area contributed by atoms with Gasteiger partial charge in [-0.15, -0.1) is 11.3 Å². The van der Waals surface area contributed by atoms with Crippen LogP contribution in [0, 0.1) is 0 Å². The molecule has 12 aromatic rings. The van der Waals surface area contributed by atoms with Crippen LogP contribution in [-0.2, 0) is 0 Å². The molecule has 0 aliphatic carbocycles. The van der Waals surface area contributed by atoms with Gasteiger partial charge in [-0.25, -0.2) is 19.9 Å². The number of fused-ring (bicyclic) bond motifs is 12. The SMILES string of the molecule is c1ccc(-c2nc(-c3ccccc3)nc(-c3cccc(-n4c5ccccc5c5c6c7ccccc7n(-c7ccccc7)c6c6c7cccnc7sc6c54)c3)n2)cc1. The highest BCUT2D eigenvalue weighted by atomic mass is 32.1. The molecule has 0 amide bonds. The lowest BCUT2D eigenvalue weighted by molar-refractivity contribution is 1.07. The molecule has 0 saturated heterocycles. The van der Waals surface area contributed by atoms with E-state index in [4.69, 9.17) is 19.9 Å². The number of aromatic nitrogens is 6. The van der Waals surface area contributed by atoms with Gasteiger partial charge >= 0.3 is 0 Å². The second-order valence-corrected chi connectivity index (χ2v) is 15.2. The van der Waals surface area contributed by atoms with Crippen molar-refractivity contribution < 1.29 is 0 Å². The number of benzene rings is 7. The highest BCUT2D eigenvalue weighted by Crippen LogP contribution is 2.50. The molecule has 0 bridgehead atoms. The number of nitrogens with zero attached hydrogens (tertiary/aromatic N) is 6. The minimum atomic E-state index is 0.620. The molecule has 57 heavy (non-hydrogen) atoms. The van der Waals surface area contributed by atoms with Gasteiger partial charge in [-0.2, -0.15) is 0 Å². The zero-order valence-corrected chi connectivity index (χ0v) is 31.2. The molecular weight excluding hydrogens is 717 g/mol. The summed E-state index contributed by atoms with van der Waals surface area (Å²) in [6.45, 7) is 0. The van der Waals surface area contributed by atoms with E-state index in [9.17, 15) is 0 Å². The summed E-state index contributed by atoms with van der Waals surface area (Å²) in [6, 6.07) is 61.5. The highest BCUT2D eigenvalue weighted by molar-refractivity contribution is 7.26. The summed E-state index contributed by atoms with van der Waals surface area (Å²) >= 11 is 1.77. The zero-order chi connectivity index (χ0) is 37.5. The Hall–Kier alpha value is -7.48. The Morgan fingerprint density at radius 2 is 0.877 bits per heavy atom. The first-order chi connectivity index (χ1) is 28.3. The summed E-state index contributed by atoms with van der Waals surface area (Å²) in [7, 11) is 0. The molecule has 0 atom stereocenters. The predicted octanol–water partition coefficient (Wildman–Crippen LogP) is 12.8. The summed E-state index contributed by atoms with van der Waals surface area (Å²) in [5, 5.41) is 7.25. The Morgan fingerprint density at radius 3 is 1.53 bits per heavy atom. The average Bonchev–Trinajstić information content (AvgIpc) is 3.95. The van der Waals surface area contributed by atoms with Crippen LogP contribution in [0.1, 0.15) is 0 Å². The van der Waals surface area contributed by atoms with E-state index in [0.717, 1.165) is 43.8 Å².